The van der Waals surface area contributed by atoms with E-state index < -0.39 is 12.1 Å². The highest BCUT2D eigenvalue weighted by Crippen LogP contribution is 2.27. The molecule has 1 amide bonds. The predicted octanol–water partition coefficient (Wildman–Crippen LogP) is 2.74. The number of hydrogen-bond acceptors (Lipinski definition) is 5. The Labute approximate surface area is 168 Å². The largest absolute Gasteiger partial charge is 0.302 e. The van der Waals surface area contributed by atoms with Crippen molar-refractivity contribution < 1.29 is 9.59 Å². The summed E-state index contributed by atoms with van der Waals surface area (Å²) in [5.74, 6) is -0.592. The van der Waals surface area contributed by atoms with Crippen molar-refractivity contribution in [1.29, 1.82) is 0 Å². The topological polar surface area (TPSA) is 88.7 Å². The fourth-order valence-electron chi connectivity index (χ4n) is 3.30. The zero-order valence-electron chi connectivity index (χ0n) is 15.9. The van der Waals surface area contributed by atoms with E-state index in [0.29, 0.717) is 28.2 Å². The van der Waals surface area contributed by atoms with Gasteiger partial charge in [-0.15, -0.1) is 0 Å². The van der Waals surface area contributed by atoms with Gasteiger partial charge in [0.1, 0.15) is 0 Å². The van der Waals surface area contributed by atoms with Crippen LogP contribution in [0.2, 0.25) is 0 Å². The lowest BCUT2D eigenvalue weighted by Crippen LogP contribution is -2.44. The van der Waals surface area contributed by atoms with Crippen molar-refractivity contribution in [3.05, 3.63) is 95.3 Å². The molecule has 0 radical (unpaired) electrons. The first-order valence-electron chi connectivity index (χ1n) is 9.30. The highest BCUT2D eigenvalue weighted by Gasteiger charge is 2.31. The van der Waals surface area contributed by atoms with Gasteiger partial charge in [-0.2, -0.15) is 0 Å². The molecular formula is C23H20N4O2. The van der Waals surface area contributed by atoms with Crippen LogP contribution >= 0.6 is 0 Å². The fraction of sp³-hybridized carbons (Fsp3) is 0.130. The average molecular weight is 384 g/mol. The average Bonchev–Trinajstić information content (AvgIpc) is 2.85. The Morgan fingerprint density at radius 1 is 1.03 bits per heavy atom. The lowest BCUT2D eigenvalue weighted by atomic mass is 10.0. The van der Waals surface area contributed by atoms with Crippen LogP contribution in [0.5, 0.6) is 0 Å². The number of fused-ring (bicyclic) bond motifs is 1. The van der Waals surface area contributed by atoms with Gasteiger partial charge in [0, 0.05) is 17.3 Å². The smallest absolute Gasteiger partial charge is 0.266 e. The van der Waals surface area contributed by atoms with Gasteiger partial charge < -0.3 is 10.6 Å². The van der Waals surface area contributed by atoms with Gasteiger partial charge in [0.25, 0.3) is 5.91 Å². The standard InChI is InChI=1S/C23H20N4O2/c1-15-9-11-16(12-10-15)20(28)14-27-19-8-3-2-6-17(19)21(26-22(24)23(27)29)18-7-4-5-13-25-18/h2-13,22H,14,24H2,1H3. The SMILES string of the molecule is Cc1ccc(C(=O)CN2C(=O)C(N)N=C(c3ccccn3)c3ccccc32)cc1. The molecule has 2 N–H and O–H groups in total. The van der Waals surface area contributed by atoms with E-state index in [1.165, 1.54) is 4.90 Å². The van der Waals surface area contributed by atoms with Gasteiger partial charge in [0.2, 0.25) is 0 Å². The maximum Gasteiger partial charge on any atom is 0.266 e. The van der Waals surface area contributed by atoms with E-state index >= 15 is 0 Å². The molecule has 0 saturated carbocycles. The van der Waals surface area contributed by atoms with Crippen molar-refractivity contribution in [3.63, 3.8) is 0 Å². The van der Waals surface area contributed by atoms with E-state index in [-0.39, 0.29) is 12.3 Å². The minimum atomic E-state index is -1.12. The molecule has 6 heteroatoms. The molecule has 144 valence electrons. The summed E-state index contributed by atoms with van der Waals surface area (Å²) in [5.41, 5.74) is 10.2. The zero-order chi connectivity index (χ0) is 20.4. The van der Waals surface area contributed by atoms with Gasteiger partial charge in [-0.1, -0.05) is 54.1 Å². The Kier molecular flexibility index (Phi) is 5.01. The van der Waals surface area contributed by atoms with E-state index in [1.54, 1.807) is 24.4 Å². The molecule has 1 aliphatic heterocycles. The number of nitrogens with zero attached hydrogens (tertiary/aromatic N) is 3. The summed E-state index contributed by atoms with van der Waals surface area (Å²) in [6, 6.07) is 20.1. The molecule has 1 aromatic heterocycles. The van der Waals surface area contributed by atoms with Crippen LogP contribution in [0.25, 0.3) is 0 Å². The summed E-state index contributed by atoms with van der Waals surface area (Å²) in [5, 5.41) is 0. The molecule has 0 spiro atoms. The number of benzene rings is 2. The highest BCUT2D eigenvalue weighted by atomic mass is 16.2. The summed E-state index contributed by atoms with van der Waals surface area (Å²) < 4.78 is 0. The number of anilines is 1. The number of Topliss-reactive ketones (excluding diaryl/α,β-unsaturated/α-hetero) is 1. The summed E-state index contributed by atoms with van der Waals surface area (Å²) in [6.07, 6.45) is 0.544. The third kappa shape index (κ3) is 3.70. The van der Waals surface area contributed by atoms with Gasteiger partial charge in [-0.3, -0.25) is 19.6 Å². The highest BCUT2D eigenvalue weighted by molar-refractivity contribution is 6.20. The minimum Gasteiger partial charge on any atom is -0.302 e. The van der Waals surface area contributed by atoms with Crippen molar-refractivity contribution in [3.8, 4) is 0 Å². The third-order valence-electron chi connectivity index (χ3n) is 4.82. The number of benzodiazepines with no additional fused rings is 1. The molecule has 1 atom stereocenters. The van der Waals surface area contributed by atoms with E-state index in [0.717, 1.165) is 5.56 Å². The second-order valence-electron chi connectivity index (χ2n) is 6.87. The summed E-state index contributed by atoms with van der Waals surface area (Å²) >= 11 is 0. The Balaban J connectivity index is 1.76. The van der Waals surface area contributed by atoms with E-state index in [1.807, 2.05) is 55.5 Å². The van der Waals surface area contributed by atoms with Crippen molar-refractivity contribution in [2.45, 2.75) is 13.1 Å². The molecule has 6 nitrogen and oxygen atoms in total. The fourth-order valence-corrected chi connectivity index (χ4v) is 3.30. The molecule has 0 bridgehead atoms. The maximum atomic E-state index is 13.0. The Hall–Kier alpha value is -3.64. The first-order valence-corrected chi connectivity index (χ1v) is 9.30. The second kappa shape index (κ2) is 7.77. The number of para-hydroxylation sites is 1. The van der Waals surface area contributed by atoms with Gasteiger partial charge in [-0.25, -0.2) is 0 Å². The number of nitrogens with two attached hydrogens (primary N) is 1. The van der Waals surface area contributed by atoms with Crippen LogP contribution in [0.4, 0.5) is 5.69 Å². The lowest BCUT2D eigenvalue weighted by Gasteiger charge is -2.23. The number of aromatic nitrogens is 1. The number of aliphatic imine (C=N–C) groups is 1. The molecule has 29 heavy (non-hydrogen) atoms. The second-order valence-corrected chi connectivity index (χ2v) is 6.87. The van der Waals surface area contributed by atoms with Crippen molar-refractivity contribution in [1.82, 2.24) is 4.98 Å². The molecule has 3 aromatic rings. The van der Waals surface area contributed by atoms with Crippen LogP contribution in [0, 0.1) is 6.92 Å². The van der Waals surface area contributed by atoms with Gasteiger partial charge in [0.15, 0.2) is 11.9 Å². The van der Waals surface area contributed by atoms with E-state index in [4.69, 9.17) is 5.73 Å². The monoisotopic (exact) mass is 384 g/mol. The maximum absolute atomic E-state index is 13.0. The van der Waals surface area contributed by atoms with Gasteiger partial charge in [0.05, 0.1) is 23.6 Å². The molecule has 1 aliphatic rings. The molecular weight excluding hydrogens is 364 g/mol. The predicted molar refractivity (Wildman–Crippen MR) is 112 cm³/mol. The number of pyridine rings is 1. The first kappa shape index (κ1) is 18.7. The van der Waals surface area contributed by atoms with E-state index in [2.05, 4.69) is 9.98 Å². The Morgan fingerprint density at radius 3 is 2.48 bits per heavy atom. The third-order valence-corrected chi connectivity index (χ3v) is 4.82. The summed E-state index contributed by atoms with van der Waals surface area (Å²) in [6.45, 7) is 1.84. The molecule has 2 aromatic carbocycles. The van der Waals surface area contributed by atoms with Crippen LogP contribution in [-0.2, 0) is 4.79 Å². The summed E-state index contributed by atoms with van der Waals surface area (Å²) in [4.78, 5) is 36.1. The van der Waals surface area contributed by atoms with Crippen LogP contribution in [-0.4, -0.2) is 35.1 Å². The van der Waals surface area contributed by atoms with Crippen molar-refractivity contribution in [2.75, 3.05) is 11.4 Å². The zero-order valence-corrected chi connectivity index (χ0v) is 15.9. The molecule has 0 fully saturated rings. The normalized spacial score (nSPS) is 16.1. The van der Waals surface area contributed by atoms with E-state index in [9.17, 15) is 9.59 Å². The van der Waals surface area contributed by atoms with Crippen LogP contribution in [0.1, 0.15) is 27.2 Å². The Morgan fingerprint density at radius 2 is 1.76 bits per heavy atom. The molecule has 2 heterocycles. The Bertz CT molecular complexity index is 1090. The molecule has 4 rings (SSSR count). The molecule has 0 saturated heterocycles. The number of amides is 1. The van der Waals surface area contributed by atoms with Crippen LogP contribution < -0.4 is 10.6 Å². The molecule has 0 aliphatic carbocycles. The number of hydrogen-bond donors (Lipinski definition) is 1. The molecule has 1 unspecified atom stereocenters. The number of rotatable bonds is 4. The van der Waals surface area contributed by atoms with Crippen molar-refractivity contribution >= 4 is 23.1 Å². The number of ketones is 1. The minimum absolute atomic E-state index is 0.113. The van der Waals surface area contributed by atoms with Gasteiger partial charge in [-0.05, 0) is 25.1 Å². The lowest BCUT2D eigenvalue weighted by molar-refractivity contribution is -0.119. The number of carbonyl (C=O) groups is 2. The van der Waals surface area contributed by atoms with Crippen LogP contribution in [0.15, 0.2) is 77.9 Å². The van der Waals surface area contributed by atoms with Gasteiger partial charge >= 0.3 is 0 Å². The summed E-state index contributed by atoms with van der Waals surface area (Å²) in [7, 11) is 0. The van der Waals surface area contributed by atoms with Crippen molar-refractivity contribution in [2.24, 2.45) is 10.7 Å². The first-order chi connectivity index (χ1) is 14.0. The number of aryl methyl sites for hydroxylation is 1. The quantitative estimate of drug-likeness (QED) is 0.701. The van der Waals surface area contributed by atoms with Crippen LogP contribution in [0.3, 0.4) is 0 Å². The number of carbonyl (C=O) groups excluding carboxylic acids is 2.